The summed E-state index contributed by atoms with van der Waals surface area (Å²) in [5, 5.41) is 2.54. The fourth-order valence-electron chi connectivity index (χ4n) is 13.6. The molecule has 0 spiro atoms. The van der Waals surface area contributed by atoms with Crippen LogP contribution >= 0.6 is 0 Å². The first-order valence-electron chi connectivity index (χ1n) is 30.0. The van der Waals surface area contributed by atoms with Gasteiger partial charge in [-0.25, -0.2) is 0 Å². The molecule has 0 saturated carbocycles. The van der Waals surface area contributed by atoms with E-state index in [-0.39, 0.29) is 28.4 Å². The first-order valence-corrected chi connectivity index (χ1v) is 30.0. The van der Waals surface area contributed by atoms with Crippen LogP contribution in [0, 0.1) is 0 Å². The van der Waals surface area contributed by atoms with Gasteiger partial charge in [-0.3, -0.25) is 0 Å². The zero-order valence-electron chi connectivity index (χ0n) is 50.2. The molecule has 0 radical (unpaired) electrons. The van der Waals surface area contributed by atoms with Crippen molar-refractivity contribution in [3.8, 4) is 27.9 Å². The number of hydrogen-bond donors (Lipinski definition) is 0. The maximum Gasteiger partial charge on any atom is 0.252 e. The van der Waals surface area contributed by atoms with E-state index < -0.39 is 0 Å². The maximum absolute atomic E-state index is 2.63. The molecule has 1 aromatic heterocycles. The highest BCUT2D eigenvalue weighted by Crippen LogP contribution is 2.49. The Morgan fingerprint density at radius 3 is 1.26 bits per heavy atom. The zero-order valence-corrected chi connectivity index (χ0v) is 50.2. The normalized spacial score (nSPS) is 13.3. The molecule has 0 N–H and O–H groups in total. The van der Waals surface area contributed by atoms with Gasteiger partial charge in [-0.05, 0) is 156 Å². The van der Waals surface area contributed by atoms with E-state index in [1.54, 1.807) is 0 Å². The summed E-state index contributed by atoms with van der Waals surface area (Å²) < 4.78 is 2.57. The van der Waals surface area contributed by atoms with Gasteiger partial charge >= 0.3 is 0 Å². The van der Waals surface area contributed by atoms with Gasteiger partial charge in [0.15, 0.2) is 0 Å². The molecule has 0 amide bonds. The van der Waals surface area contributed by atoms with Gasteiger partial charge in [0.1, 0.15) is 0 Å². The van der Waals surface area contributed by atoms with Crippen LogP contribution < -0.4 is 26.2 Å². The van der Waals surface area contributed by atoms with Gasteiger partial charge in [-0.15, -0.1) is 0 Å². The lowest BCUT2D eigenvalue weighted by Gasteiger charge is -2.45. The quantitative estimate of drug-likeness (QED) is 0.133. The molecule has 84 heavy (non-hydrogen) atoms. The van der Waals surface area contributed by atoms with Crippen LogP contribution in [-0.2, 0) is 21.7 Å². The lowest BCUT2D eigenvalue weighted by molar-refractivity contribution is 0.590. The molecule has 0 unspecified atom stereocenters. The van der Waals surface area contributed by atoms with Crippen LogP contribution in [0.3, 0.4) is 0 Å². The summed E-state index contributed by atoms with van der Waals surface area (Å²) in [6.45, 7) is 23.3. The SMILES string of the molecule is CC(C)(C)c1ccc2c(c1)c1cc(C(C)(C)C)ccc1n2-c1cc2c3c(c1)N(c1cccc(C(C)(C)c4ccccc4)c1)c1cc(C(C)(C)c4ccccc4)ccc1B3c1cc(-c3ccccc3)ccc1N2c1ccc(-c2ccccc2)cc1. The third-order valence-electron chi connectivity index (χ3n) is 18.7. The standard InChI is InChI=1S/C80H72BN3/c1-77(2,3)59-38-44-70-66(48-59)67-49-60(78(4,5)6)39-45-71(67)84(70)65-51-74-76-75(52-65)83(64-33-23-32-61(47-64)79(7,8)57-28-19-13-20-29-57)73-50-62(80(9,10)58-30-21-14-22-31-58)37-42-68(73)81(76)69-46-56(54-26-17-12-18-27-54)36-43-72(69)82(74)63-40-34-55(35-41-63)53-24-15-11-16-25-53/h11-52H,1-10H3. The maximum atomic E-state index is 2.63. The Kier molecular flexibility index (Phi) is 12.5. The molecule has 3 nitrogen and oxygen atoms in total. The third kappa shape index (κ3) is 8.80. The van der Waals surface area contributed by atoms with Crippen molar-refractivity contribution in [3.63, 3.8) is 0 Å². The first kappa shape index (κ1) is 52.9. The van der Waals surface area contributed by atoms with Crippen LogP contribution in [0.15, 0.2) is 255 Å². The van der Waals surface area contributed by atoms with Crippen molar-refractivity contribution < 1.29 is 0 Å². The Morgan fingerprint density at radius 1 is 0.274 bits per heavy atom. The largest absolute Gasteiger partial charge is 0.311 e. The average molecular weight is 1090 g/mol. The van der Waals surface area contributed by atoms with E-state index in [1.807, 2.05) is 0 Å². The Bertz CT molecular complexity index is 4410. The number of anilines is 6. The molecule has 12 aromatic rings. The van der Waals surface area contributed by atoms with E-state index in [0.29, 0.717) is 0 Å². The highest BCUT2D eigenvalue weighted by atomic mass is 15.2. The number of rotatable bonds is 9. The second-order valence-corrected chi connectivity index (χ2v) is 26.7. The fourth-order valence-corrected chi connectivity index (χ4v) is 13.6. The predicted molar refractivity (Wildman–Crippen MR) is 360 cm³/mol. The molecule has 0 fully saturated rings. The molecule has 11 aromatic carbocycles. The molecule has 14 rings (SSSR count). The summed E-state index contributed by atoms with van der Waals surface area (Å²) in [6.07, 6.45) is 0. The number of hydrogen-bond acceptors (Lipinski definition) is 2. The van der Waals surface area contributed by atoms with Gasteiger partial charge < -0.3 is 14.4 Å². The van der Waals surface area contributed by atoms with Crippen molar-refractivity contribution in [1.29, 1.82) is 0 Å². The summed E-state index contributed by atoms with van der Waals surface area (Å²) >= 11 is 0. The van der Waals surface area contributed by atoms with Crippen molar-refractivity contribution in [2.24, 2.45) is 0 Å². The lowest BCUT2D eigenvalue weighted by Crippen LogP contribution is -2.61. The molecular weight excluding hydrogens is 1010 g/mol. The van der Waals surface area contributed by atoms with Crippen molar-refractivity contribution in [2.75, 3.05) is 9.80 Å². The molecule has 3 heterocycles. The van der Waals surface area contributed by atoms with Gasteiger partial charge in [0.2, 0.25) is 0 Å². The van der Waals surface area contributed by atoms with Crippen LogP contribution in [-0.4, -0.2) is 11.3 Å². The van der Waals surface area contributed by atoms with Crippen LogP contribution in [0.4, 0.5) is 34.1 Å². The first-order chi connectivity index (χ1) is 40.4. The van der Waals surface area contributed by atoms with Crippen LogP contribution in [0.5, 0.6) is 0 Å². The minimum Gasteiger partial charge on any atom is -0.311 e. The van der Waals surface area contributed by atoms with E-state index >= 15 is 0 Å². The van der Waals surface area contributed by atoms with E-state index in [0.717, 1.165) is 22.7 Å². The van der Waals surface area contributed by atoms with Crippen LogP contribution in [0.2, 0.25) is 0 Å². The van der Waals surface area contributed by atoms with E-state index in [1.165, 1.54) is 111 Å². The van der Waals surface area contributed by atoms with Crippen LogP contribution in [0.25, 0.3) is 49.7 Å². The number of aromatic nitrogens is 1. The minimum absolute atomic E-state index is 0.0367. The van der Waals surface area contributed by atoms with E-state index in [9.17, 15) is 0 Å². The Morgan fingerprint density at radius 2 is 0.726 bits per heavy atom. The Balaban J connectivity index is 1.12. The van der Waals surface area contributed by atoms with Crippen molar-refractivity contribution in [3.05, 3.63) is 288 Å². The van der Waals surface area contributed by atoms with E-state index in [4.69, 9.17) is 0 Å². The summed E-state index contributed by atoms with van der Waals surface area (Å²) in [6, 6.07) is 96.6. The zero-order chi connectivity index (χ0) is 57.9. The molecule has 0 saturated heterocycles. The molecule has 4 heteroatoms. The number of nitrogens with zero attached hydrogens (tertiary/aromatic N) is 3. The number of fused-ring (bicyclic) bond motifs is 7. The highest BCUT2D eigenvalue weighted by molar-refractivity contribution is 7.00. The molecule has 0 bridgehead atoms. The Hall–Kier alpha value is -9.12. The molecule has 0 atom stereocenters. The summed E-state index contributed by atoms with van der Waals surface area (Å²) in [7, 11) is 0. The Labute approximate surface area is 497 Å². The van der Waals surface area contributed by atoms with Crippen molar-refractivity contribution in [1.82, 2.24) is 4.57 Å². The van der Waals surface area contributed by atoms with Gasteiger partial charge in [0, 0.05) is 55.7 Å². The van der Waals surface area contributed by atoms with Crippen LogP contribution in [0.1, 0.15) is 103 Å². The average Bonchev–Trinajstić information content (AvgIpc) is 0.991. The second-order valence-electron chi connectivity index (χ2n) is 26.7. The van der Waals surface area contributed by atoms with Gasteiger partial charge in [0.25, 0.3) is 6.71 Å². The summed E-state index contributed by atoms with van der Waals surface area (Å²) in [4.78, 5) is 5.21. The van der Waals surface area contributed by atoms with Crippen molar-refractivity contribution in [2.45, 2.75) is 90.9 Å². The molecule has 0 aliphatic carbocycles. The highest BCUT2D eigenvalue weighted by Gasteiger charge is 2.45. The van der Waals surface area contributed by atoms with E-state index in [2.05, 4.69) is 338 Å². The van der Waals surface area contributed by atoms with Gasteiger partial charge in [0.05, 0.1) is 16.7 Å². The summed E-state index contributed by atoms with van der Waals surface area (Å²) in [5.74, 6) is 0. The van der Waals surface area contributed by atoms with Gasteiger partial charge in [-0.1, -0.05) is 251 Å². The molecular formula is C80H72BN3. The second kappa shape index (κ2) is 19.8. The van der Waals surface area contributed by atoms with Gasteiger partial charge in [-0.2, -0.15) is 0 Å². The van der Waals surface area contributed by atoms with Crippen molar-refractivity contribution >= 4 is 79.0 Å². The lowest BCUT2D eigenvalue weighted by atomic mass is 9.33. The smallest absolute Gasteiger partial charge is 0.252 e. The topological polar surface area (TPSA) is 11.4 Å². The monoisotopic (exact) mass is 1090 g/mol. The fraction of sp³-hybridized carbons (Fsp3) is 0.175. The molecule has 2 aliphatic heterocycles. The third-order valence-corrected chi connectivity index (χ3v) is 18.7. The summed E-state index contributed by atoms with van der Waals surface area (Å²) in [5.41, 5.74) is 26.1. The minimum atomic E-state index is -0.305. The predicted octanol–water partition coefficient (Wildman–Crippen LogP) is 19.4. The molecule has 2 aliphatic rings. The number of benzene rings is 11. The molecule has 410 valence electrons.